The third kappa shape index (κ3) is 4.48. The highest BCUT2D eigenvalue weighted by atomic mass is 35.5. The molecule has 0 saturated carbocycles. The number of benzene rings is 1. The SMILES string of the molecule is CC(Cc1cccc(Cl)c1)NC1CCN(C(C)C)C1. The van der Waals surface area contributed by atoms with Gasteiger partial charge in [0.25, 0.3) is 0 Å². The van der Waals surface area contributed by atoms with Crippen LogP contribution in [0, 0.1) is 0 Å². The van der Waals surface area contributed by atoms with Gasteiger partial charge in [0.2, 0.25) is 0 Å². The van der Waals surface area contributed by atoms with Crippen LogP contribution < -0.4 is 5.32 Å². The van der Waals surface area contributed by atoms with Crippen LogP contribution in [0.1, 0.15) is 32.8 Å². The molecule has 106 valence electrons. The standard InChI is InChI=1S/C16H25ClN2/c1-12(2)19-8-7-16(11-19)18-13(3)9-14-5-4-6-15(17)10-14/h4-6,10,12-13,16,18H,7-9,11H2,1-3H3. The number of halogens is 1. The lowest BCUT2D eigenvalue weighted by atomic mass is 10.1. The largest absolute Gasteiger partial charge is 0.310 e. The average molecular weight is 281 g/mol. The Bertz CT molecular complexity index is 405. The van der Waals surface area contributed by atoms with Crippen LogP contribution in [0.2, 0.25) is 5.02 Å². The van der Waals surface area contributed by atoms with E-state index in [2.05, 4.69) is 43.1 Å². The van der Waals surface area contributed by atoms with Gasteiger partial charge in [-0.25, -0.2) is 0 Å². The summed E-state index contributed by atoms with van der Waals surface area (Å²) in [5.41, 5.74) is 1.31. The maximum atomic E-state index is 6.03. The normalized spacial score (nSPS) is 22.1. The van der Waals surface area contributed by atoms with E-state index in [1.165, 1.54) is 25.1 Å². The molecule has 0 spiro atoms. The summed E-state index contributed by atoms with van der Waals surface area (Å²) in [5.74, 6) is 0. The molecule has 0 bridgehead atoms. The lowest BCUT2D eigenvalue weighted by Crippen LogP contribution is -2.40. The van der Waals surface area contributed by atoms with Crippen LogP contribution in [0.3, 0.4) is 0 Å². The van der Waals surface area contributed by atoms with Crippen molar-refractivity contribution in [3.05, 3.63) is 34.9 Å². The van der Waals surface area contributed by atoms with Gasteiger partial charge in [-0.05, 0) is 57.9 Å². The Morgan fingerprint density at radius 2 is 2.16 bits per heavy atom. The summed E-state index contributed by atoms with van der Waals surface area (Å²) in [6.07, 6.45) is 2.30. The predicted molar refractivity (Wildman–Crippen MR) is 82.9 cm³/mol. The summed E-state index contributed by atoms with van der Waals surface area (Å²) >= 11 is 6.03. The molecule has 2 atom stereocenters. The first-order chi connectivity index (χ1) is 9.04. The van der Waals surface area contributed by atoms with Crippen LogP contribution in [0.15, 0.2) is 24.3 Å². The fraction of sp³-hybridized carbons (Fsp3) is 0.625. The van der Waals surface area contributed by atoms with Gasteiger partial charge in [0.05, 0.1) is 0 Å². The van der Waals surface area contributed by atoms with E-state index < -0.39 is 0 Å². The van der Waals surface area contributed by atoms with E-state index in [9.17, 15) is 0 Å². The summed E-state index contributed by atoms with van der Waals surface area (Å²) in [6.45, 7) is 9.21. The topological polar surface area (TPSA) is 15.3 Å². The van der Waals surface area contributed by atoms with Crippen molar-refractivity contribution in [3.63, 3.8) is 0 Å². The Hall–Kier alpha value is -0.570. The molecule has 1 aliphatic heterocycles. The van der Waals surface area contributed by atoms with Crippen LogP contribution in [0.4, 0.5) is 0 Å². The Kier molecular flexibility index (Phi) is 5.26. The quantitative estimate of drug-likeness (QED) is 0.890. The first-order valence-electron chi connectivity index (χ1n) is 7.29. The average Bonchev–Trinajstić information content (AvgIpc) is 2.77. The maximum Gasteiger partial charge on any atom is 0.0408 e. The zero-order valence-electron chi connectivity index (χ0n) is 12.2. The molecule has 2 nitrogen and oxygen atoms in total. The van der Waals surface area contributed by atoms with Crippen LogP contribution in [-0.2, 0) is 6.42 Å². The highest BCUT2D eigenvalue weighted by molar-refractivity contribution is 6.30. The van der Waals surface area contributed by atoms with Crippen LogP contribution in [-0.4, -0.2) is 36.1 Å². The number of likely N-dealkylation sites (tertiary alicyclic amines) is 1. The van der Waals surface area contributed by atoms with Crippen molar-refractivity contribution in [3.8, 4) is 0 Å². The van der Waals surface area contributed by atoms with Crippen molar-refractivity contribution >= 4 is 11.6 Å². The molecule has 0 radical (unpaired) electrons. The molecule has 1 aromatic rings. The predicted octanol–water partition coefficient (Wildman–Crippen LogP) is 3.34. The summed E-state index contributed by atoms with van der Waals surface area (Å²) in [5, 5.41) is 4.58. The van der Waals surface area contributed by atoms with E-state index in [1.807, 2.05) is 12.1 Å². The Labute approximate surface area is 122 Å². The molecular weight excluding hydrogens is 256 g/mol. The number of hydrogen-bond donors (Lipinski definition) is 1. The second-order valence-electron chi connectivity index (χ2n) is 5.98. The van der Waals surface area contributed by atoms with Crippen LogP contribution >= 0.6 is 11.6 Å². The first-order valence-corrected chi connectivity index (χ1v) is 7.67. The Balaban J connectivity index is 1.80. The summed E-state index contributed by atoms with van der Waals surface area (Å²) in [4.78, 5) is 2.55. The van der Waals surface area contributed by atoms with Crippen LogP contribution in [0.25, 0.3) is 0 Å². The molecular formula is C16H25ClN2. The minimum Gasteiger partial charge on any atom is -0.310 e. The molecule has 1 N–H and O–H groups in total. The van der Waals surface area contributed by atoms with Crippen molar-refractivity contribution in [2.75, 3.05) is 13.1 Å². The Morgan fingerprint density at radius 3 is 2.79 bits per heavy atom. The van der Waals surface area contributed by atoms with Gasteiger partial charge in [-0.15, -0.1) is 0 Å². The number of hydrogen-bond acceptors (Lipinski definition) is 2. The molecule has 0 aliphatic carbocycles. The summed E-state index contributed by atoms with van der Waals surface area (Å²) in [7, 11) is 0. The van der Waals surface area contributed by atoms with E-state index in [0.29, 0.717) is 18.1 Å². The number of nitrogens with zero attached hydrogens (tertiary/aromatic N) is 1. The van der Waals surface area contributed by atoms with Gasteiger partial charge in [0.15, 0.2) is 0 Å². The molecule has 1 fully saturated rings. The zero-order chi connectivity index (χ0) is 13.8. The molecule has 1 aromatic carbocycles. The number of rotatable bonds is 5. The molecule has 1 aliphatic rings. The third-order valence-corrected chi connectivity index (χ3v) is 4.14. The first kappa shape index (κ1) is 14.8. The molecule has 3 heteroatoms. The molecule has 0 aromatic heterocycles. The van der Waals surface area contributed by atoms with Gasteiger partial charge in [-0.1, -0.05) is 23.7 Å². The number of nitrogens with one attached hydrogen (secondary N) is 1. The Morgan fingerprint density at radius 1 is 1.37 bits per heavy atom. The lowest BCUT2D eigenvalue weighted by molar-refractivity contribution is 0.266. The maximum absolute atomic E-state index is 6.03. The van der Waals surface area contributed by atoms with Gasteiger partial charge < -0.3 is 5.32 Å². The molecule has 0 amide bonds. The summed E-state index contributed by atoms with van der Waals surface area (Å²) < 4.78 is 0. The third-order valence-electron chi connectivity index (χ3n) is 3.90. The van der Waals surface area contributed by atoms with Gasteiger partial charge in [-0.2, -0.15) is 0 Å². The molecule has 1 saturated heterocycles. The second kappa shape index (κ2) is 6.74. The van der Waals surface area contributed by atoms with Gasteiger partial charge in [-0.3, -0.25) is 4.90 Å². The molecule has 1 heterocycles. The zero-order valence-corrected chi connectivity index (χ0v) is 13.0. The van der Waals surface area contributed by atoms with E-state index in [0.717, 1.165) is 11.4 Å². The fourth-order valence-corrected chi connectivity index (χ4v) is 3.08. The fourth-order valence-electron chi connectivity index (χ4n) is 2.87. The monoisotopic (exact) mass is 280 g/mol. The smallest absolute Gasteiger partial charge is 0.0408 e. The van der Waals surface area contributed by atoms with Gasteiger partial charge in [0, 0.05) is 29.7 Å². The van der Waals surface area contributed by atoms with E-state index in [1.54, 1.807) is 0 Å². The summed E-state index contributed by atoms with van der Waals surface area (Å²) in [6, 6.07) is 9.97. The lowest BCUT2D eigenvalue weighted by Gasteiger charge is -2.22. The van der Waals surface area contributed by atoms with Crippen molar-refractivity contribution in [2.45, 2.75) is 51.7 Å². The second-order valence-corrected chi connectivity index (χ2v) is 6.41. The minimum atomic E-state index is 0.496. The highest BCUT2D eigenvalue weighted by Crippen LogP contribution is 2.15. The van der Waals surface area contributed by atoms with Crippen molar-refractivity contribution in [2.24, 2.45) is 0 Å². The van der Waals surface area contributed by atoms with Crippen LogP contribution in [0.5, 0.6) is 0 Å². The van der Waals surface area contributed by atoms with E-state index >= 15 is 0 Å². The van der Waals surface area contributed by atoms with Crippen molar-refractivity contribution in [1.82, 2.24) is 10.2 Å². The minimum absolute atomic E-state index is 0.496. The van der Waals surface area contributed by atoms with E-state index in [-0.39, 0.29) is 0 Å². The molecule has 2 unspecified atom stereocenters. The van der Waals surface area contributed by atoms with Gasteiger partial charge in [0.1, 0.15) is 0 Å². The highest BCUT2D eigenvalue weighted by Gasteiger charge is 2.24. The van der Waals surface area contributed by atoms with Crippen molar-refractivity contribution < 1.29 is 0 Å². The van der Waals surface area contributed by atoms with Gasteiger partial charge >= 0.3 is 0 Å². The van der Waals surface area contributed by atoms with Crippen molar-refractivity contribution in [1.29, 1.82) is 0 Å². The molecule has 19 heavy (non-hydrogen) atoms. The molecule has 2 rings (SSSR count). The van der Waals surface area contributed by atoms with E-state index in [4.69, 9.17) is 11.6 Å².